The summed E-state index contributed by atoms with van der Waals surface area (Å²) in [4.78, 5) is 27.0. The number of halogens is 1. The Morgan fingerprint density at radius 3 is 2.44 bits per heavy atom. The maximum Gasteiger partial charge on any atom is 0.264 e. The number of hydrogen-bond donors (Lipinski definition) is 1. The molecule has 0 bridgehead atoms. The van der Waals surface area contributed by atoms with Crippen molar-refractivity contribution in [2.24, 2.45) is 0 Å². The first-order valence-corrected chi connectivity index (χ1v) is 9.16. The van der Waals surface area contributed by atoms with Gasteiger partial charge in [0.05, 0.1) is 12.1 Å². The largest absolute Gasteiger partial charge is 0.375 e. The number of rotatable bonds is 5. The molecular weight excluding hydrogens is 382 g/mol. The number of Topliss-reactive ketones (excluding diaryl/α,β-unsaturated/α-hetero) is 1. The molecule has 0 spiro atoms. The number of aryl methyl sites for hydroxylation is 1. The van der Waals surface area contributed by atoms with Crippen LogP contribution in [0.5, 0.6) is 0 Å². The summed E-state index contributed by atoms with van der Waals surface area (Å²) in [6.45, 7) is 4.33. The number of nitrogens with zero attached hydrogens (tertiary/aromatic N) is 1. The van der Waals surface area contributed by atoms with Crippen LogP contribution < -0.4 is 4.90 Å². The normalized spacial score (nSPS) is 19.2. The maximum absolute atomic E-state index is 12.8. The van der Waals surface area contributed by atoms with Gasteiger partial charge in [0.15, 0.2) is 11.4 Å². The van der Waals surface area contributed by atoms with E-state index in [0.717, 1.165) is 16.5 Å². The summed E-state index contributed by atoms with van der Waals surface area (Å²) in [6, 6.07) is 12.6. The summed E-state index contributed by atoms with van der Waals surface area (Å²) in [5, 5.41) is 11.1. The lowest BCUT2D eigenvalue weighted by Crippen LogP contribution is -2.41. The Morgan fingerprint density at radius 2 is 1.84 bits per heavy atom. The van der Waals surface area contributed by atoms with Gasteiger partial charge in [-0.2, -0.15) is 0 Å². The van der Waals surface area contributed by atoms with Gasteiger partial charge in [0.1, 0.15) is 0 Å². The number of aliphatic hydroxyl groups is 1. The highest BCUT2D eigenvalue weighted by atomic mass is 79.9. The minimum Gasteiger partial charge on any atom is -0.375 e. The molecular formula is C20H20BrNO3. The predicted octanol–water partition coefficient (Wildman–Crippen LogP) is 3.84. The fourth-order valence-corrected chi connectivity index (χ4v) is 3.63. The molecule has 1 aliphatic rings. The lowest BCUT2D eigenvalue weighted by molar-refractivity contribution is -0.135. The van der Waals surface area contributed by atoms with Crippen LogP contribution in [0.2, 0.25) is 0 Å². The minimum atomic E-state index is -1.82. The molecule has 1 amide bonds. The molecule has 3 rings (SSSR count). The molecule has 1 aliphatic heterocycles. The number of likely N-dealkylation sites (N-methyl/N-ethyl adjacent to an activating group) is 1. The van der Waals surface area contributed by atoms with Crippen molar-refractivity contribution in [1.82, 2.24) is 0 Å². The summed E-state index contributed by atoms with van der Waals surface area (Å²) in [5.41, 5.74) is 0.957. The first-order valence-electron chi connectivity index (χ1n) is 8.37. The molecule has 0 aliphatic carbocycles. The van der Waals surface area contributed by atoms with Gasteiger partial charge < -0.3 is 10.0 Å². The van der Waals surface area contributed by atoms with E-state index in [0.29, 0.717) is 23.4 Å². The highest BCUT2D eigenvalue weighted by Gasteiger charge is 2.50. The second-order valence-electron chi connectivity index (χ2n) is 6.22. The second kappa shape index (κ2) is 6.73. The van der Waals surface area contributed by atoms with Crippen LogP contribution in [0.4, 0.5) is 5.69 Å². The lowest BCUT2D eigenvalue weighted by atomic mass is 9.88. The van der Waals surface area contributed by atoms with Crippen molar-refractivity contribution in [1.29, 1.82) is 0 Å². The van der Waals surface area contributed by atoms with Crippen molar-refractivity contribution < 1.29 is 14.7 Å². The fourth-order valence-electron chi connectivity index (χ4n) is 3.27. The second-order valence-corrected chi connectivity index (χ2v) is 7.14. The van der Waals surface area contributed by atoms with Gasteiger partial charge in [-0.1, -0.05) is 47.1 Å². The molecule has 25 heavy (non-hydrogen) atoms. The lowest BCUT2D eigenvalue weighted by Gasteiger charge is -2.22. The van der Waals surface area contributed by atoms with Gasteiger partial charge in [0.2, 0.25) is 0 Å². The van der Waals surface area contributed by atoms with Crippen molar-refractivity contribution in [2.45, 2.75) is 32.3 Å². The molecule has 1 N–H and O–H groups in total. The quantitative estimate of drug-likeness (QED) is 0.774. The van der Waals surface area contributed by atoms with Crippen molar-refractivity contribution in [3.05, 3.63) is 63.6 Å². The molecule has 0 fully saturated rings. The average molecular weight is 402 g/mol. The predicted molar refractivity (Wildman–Crippen MR) is 101 cm³/mol. The summed E-state index contributed by atoms with van der Waals surface area (Å²) in [7, 11) is 0. The molecule has 0 saturated heterocycles. The third kappa shape index (κ3) is 3.02. The number of amides is 1. The van der Waals surface area contributed by atoms with Gasteiger partial charge >= 0.3 is 0 Å². The zero-order valence-corrected chi connectivity index (χ0v) is 15.8. The van der Waals surface area contributed by atoms with Crippen LogP contribution >= 0.6 is 15.9 Å². The molecule has 0 aromatic heterocycles. The molecule has 1 atom stereocenters. The van der Waals surface area contributed by atoms with E-state index in [1.807, 2.05) is 32.0 Å². The van der Waals surface area contributed by atoms with Gasteiger partial charge in [-0.25, -0.2) is 0 Å². The smallest absolute Gasteiger partial charge is 0.264 e. The van der Waals surface area contributed by atoms with Crippen molar-refractivity contribution in [3.8, 4) is 0 Å². The first-order chi connectivity index (χ1) is 11.9. The molecule has 2 aromatic rings. The van der Waals surface area contributed by atoms with Gasteiger partial charge in [0.25, 0.3) is 5.91 Å². The molecule has 1 heterocycles. The summed E-state index contributed by atoms with van der Waals surface area (Å²) in [5.74, 6) is -0.691. The van der Waals surface area contributed by atoms with E-state index < -0.39 is 11.5 Å². The van der Waals surface area contributed by atoms with E-state index in [9.17, 15) is 14.7 Å². The fraction of sp³-hybridized carbons (Fsp3) is 0.300. The Bertz CT molecular complexity index is 831. The topological polar surface area (TPSA) is 57.6 Å². The van der Waals surface area contributed by atoms with Crippen molar-refractivity contribution >= 4 is 33.3 Å². The van der Waals surface area contributed by atoms with E-state index in [-0.39, 0.29) is 12.2 Å². The number of benzene rings is 2. The first kappa shape index (κ1) is 17.8. The number of carbonyl (C=O) groups is 2. The molecule has 2 aromatic carbocycles. The van der Waals surface area contributed by atoms with Gasteiger partial charge in [-0.15, -0.1) is 0 Å². The summed E-state index contributed by atoms with van der Waals surface area (Å²) >= 11 is 3.38. The van der Waals surface area contributed by atoms with Crippen LogP contribution in [0.15, 0.2) is 46.9 Å². The third-order valence-electron chi connectivity index (χ3n) is 4.71. The van der Waals surface area contributed by atoms with Crippen molar-refractivity contribution in [2.75, 3.05) is 11.4 Å². The standard InChI is InChI=1S/C20H20BrNO3/c1-3-13-5-7-14(8-6-13)18(23)12-20(25)16-11-15(21)9-10-17(16)22(4-2)19(20)24/h5-11,25H,3-4,12H2,1-2H3/t20-/m0/s1. The third-order valence-corrected chi connectivity index (χ3v) is 5.20. The maximum atomic E-state index is 12.8. The Labute approximate surface area is 155 Å². The SMILES string of the molecule is CCc1ccc(C(=O)C[C@@]2(O)C(=O)N(CC)c3ccc(Br)cc32)cc1. The Balaban J connectivity index is 1.96. The minimum absolute atomic E-state index is 0.248. The van der Waals surface area contributed by atoms with Crippen LogP contribution in [-0.4, -0.2) is 23.3 Å². The van der Waals surface area contributed by atoms with Crippen LogP contribution in [0, 0.1) is 0 Å². The van der Waals surface area contributed by atoms with Gasteiger partial charge in [0, 0.05) is 22.1 Å². The summed E-state index contributed by atoms with van der Waals surface area (Å²) < 4.78 is 0.759. The van der Waals surface area contributed by atoms with E-state index in [2.05, 4.69) is 15.9 Å². The number of ketones is 1. The van der Waals surface area contributed by atoms with Crippen LogP contribution in [0.25, 0.3) is 0 Å². The number of hydrogen-bond acceptors (Lipinski definition) is 3. The van der Waals surface area contributed by atoms with E-state index >= 15 is 0 Å². The Morgan fingerprint density at radius 1 is 1.16 bits per heavy atom. The van der Waals surface area contributed by atoms with Crippen LogP contribution in [0.3, 0.4) is 0 Å². The highest BCUT2D eigenvalue weighted by molar-refractivity contribution is 9.10. The summed E-state index contributed by atoms with van der Waals surface area (Å²) in [6.07, 6.45) is 0.626. The van der Waals surface area contributed by atoms with Gasteiger partial charge in [-0.05, 0) is 37.1 Å². The zero-order valence-electron chi connectivity index (χ0n) is 14.3. The van der Waals surface area contributed by atoms with E-state index in [1.54, 1.807) is 24.3 Å². The van der Waals surface area contributed by atoms with Crippen molar-refractivity contribution in [3.63, 3.8) is 0 Å². The number of carbonyl (C=O) groups excluding carboxylic acids is 2. The molecule has 0 unspecified atom stereocenters. The Hall–Kier alpha value is -1.98. The zero-order chi connectivity index (χ0) is 18.2. The van der Waals surface area contributed by atoms with Crippen LogP contribution in [0.1, 0.15) is 41.8 Å². The molecule has 130 valence electrons. The molecule has 5 heteroatoms. The van der Waals surface area contributed by atoms with E-state index in [4.69, 9.17) is 0 Å². The van der Waals surface area contributed by atoms with E-state index in [1.165, 1.54) is 4.90 Å². The molecule has 0 radical (unpaired) electrons. The average Bonchev–Trinajstić information content (AvgIpc) is 2.82. The monoisotopic (exact) mass is 401 g/mol. The van der Waals surface area contributed by atoms with Crippen LogP contribution in [-0.2, 0) is 16.8 Å². The number of fused-ring (bicyclic) bond motifs is 1. The molecule has 4 nitrogen and oxygen atoms in total. The molecule has 0 saturated carbocycles. The van der Waals surface area contributed by atoms with Gasteiger partial charge in [-0.3, -0.25) is 9.59 Å². The number of anilines is 1. The highest BCUT2D eigenvalue weighted by Crippen LogP contribution is 2.43. The Kier molecular flexibility index (Phi) is 4.80.